The molecule has 2 N–H and O–H groups in total. The summed E-state index contributed by atoms with van der Waals surface area (Å²) in [6, 6.07) is 7.50. The van der Waals surface area contributed by atoms with Gasteiger partial charge in [-0.3, -0.25) is 9.48 Å². The SMILES string of the molecule is O=C1CCCOc2ccc(cc2)-n2nnc3cnc(nc32)Nc2cnn(c2)CCCN1. The van der Waals surface area contributed by atoms with Gasteiger partial charge in [0.2, 0.25) is 11.9 Å². The van der Waals surface area contributed by atoms with Crippen LogP contribution in [0.2, 0.25) is 0 Å². The molecule has 0 aliphatic carbocycles. The van der Waals surface area contributed by atoms with E-state index in [2.05, 4.69) is 36.0 Å². The normalized spacial score (nSPS) is 15.2. The summed E-state index contributed by atoms with van der Waals surface area (Å²) in [4.78, 5) is 20.9. The molecule has 0 atom stereocenters. The zero-order chi connectivity index (χ0) is 21.0. The summed E-state index contributed by atoms with van der Waals surface area (Å²) in [6.07, 6.45) is 7.08. The Balaban J connectivity index is 1.45. The van der Waals surface area contributed by atoms with Crippen molar-refractivity contribution >= 4 is 28.7 Å². The summed E-state index contributed by atoms with van der Waals surface area (Å²) in [5.41, 5.74) is 2.76. The molecule has 0 radical (unpaired) electrons. The molecule has 0 saturated heterocycles. The van der Waals surface area contributed by atoms with Gasteiger partial charge in [-0.15, -0.1) is 5.10 Å². The van der Waals surface area contributed by atoms with Crippen LogP contribution in [-0.4, -0.2) is 53.8 Å². The second-order valence-corrected chi connectivity index (χ2v) is 7.17. The number of amides is 1. The number of hydrogen-bond donors (Lipinski definition) is 2. The quantitative estimate of drug-likeness (QED) is 0.442. The van der Waals surface area contributed by atoms with Crippen molar-refractivity contribution in [1.82, 2.24) is 40.1 Å². The van der Waals surface area contributed by atoms with E-state index >= 15 is 0 Å². The Bertz CT molecular complexity index is 1200. The lowest BCUT2D eigenvalue weighted by atomic mass is 10.3. The van der Waals surface area contributed by atoms with E-state index in [1.54, 1.807) is 17.1 Å². The van der Waals surface area contributed by atoms with Gasteiger partial charge in [-0.05, 0) is 37.1 Å². The summed E-state index contributed by atoms with van der Waals surface area (Å²) in [5.74, 6) is 1.18. The molecule has 5 heterocycles. The first kappa shape index (κ1) is 19.0. The van der Waals surface area contributed by atoms with Gasteiger partial charge < -0.3 is 15.4 Å². The number of nitrogens with zero attached hydrogens (tertiary/aromatic N) is 7. The number of anilines is 2. The Morgan fingerprint density at radius 3 is 2.90 bits per heavy atom. The summed E-state index contributed by atoms with van der Waals surface area (Å²) >= 11 is 0. The largest absolute Gasteiger partial charge is 0.494 e. The topological polar surface area (TPSA) is 125 Å². The van der Waals surface area contributed by atoms with Crippen molar-refractivity contribution in [1.29, 1.82) is 0 Å². The fourth-order valence-electron chi connectivity index (χ4n) is 3.31. The number of fused-ring (bicyclic) bond motifs is 10. The van der Waals surface area contributed by atoms with Crippen LogP contribution in [0.15, 0.2) is 42.9 Å². The molecule has 4 aromatic rings. The Morgan fingerprint density at radius 1 is 1.10 bits per heavy atom. The Kier molecular flexibility index (Phi) is 5.13. The third-order valence-electron chi connectivity index (χ3n) is 4.87. The van der Waals surface area contributed by atoms with Crippen LogP contribution in [-0.2, 0) is 11.3 Å². The molecule has 158 valence electrons. The maximum Gasteiger partial charge on any atom is 0.229 e. The Morgan fingerprint density at radius 2 is 2.00 bits per heavy atom. The number of aryl methyl sites for hydroxylation is 1. The second kappa shape index (κ2) is 8.38. The van der Waals surface area contributed by atoms with E-state index in [-0.39, 0.29) is 5.91 Å². The highest BCUT2D eigenvalue weighted by Gasteiger charge is 2.11. The maximum atomic E-state index is 12.0. The van der Waals surface area contributed by atoms with Crippen molar-refractivity contribution < 1.29 is 9.53 Å². The highest BCUT2D eigenvalue weighted by molar-refractivity contribution is 5.75. The molecule has 11 heteroatoms. The lowest BCUT2D eigenvalue weighted by Gasteiger charge is -2.08. The number of carbonyl (C=O) groups excluding carboxylic acids is 1. The molecule has 2 aliphatic rings. The number of rotatable bonds is 0. The molecule has 0 unspecified atom stereocenters. The van der Waals surface area contributed by atoms with Crippen molar-refractivity contribution in [2.75, 3.05) is 18.5 Å². The first-order chi connectivity index (χ1) is 15.2. The first-order valence-corrected chi connectivity index (χ1v) is 10.1. The van der Waals surface area contributed by atoms with E-state index in [9.17, 15) is 4.79 Å². The summed E-state index contributed by atoms with van der Waals surface area (Å²) in [5, 5.41) is 18.8. The predicted molar refractivity (Wildman–Crippen MR) is 112 cm³/mol. The molecular weight excluding hydrogens is 398 g/mol. The lowest BCUT2D eigenvalue weighted by Crippen LogP contribution is -2.25. The van der Waals surface area contributed by atoms with Gasteiger partial charge in [-0.2, -0.15) is 14.8 Å². The van der Waals surface area contributed by atoms with Gasteiger partial charge >= 0.3 is 0 Å². The molecule has 0 saturated carbocycles. The molecule has 31 heavy (non-hydrogen) atoms. The highest BCUT2D eigenvalue weighted by atomic mass is 16.5. The minimum atomic E-state index is 0.0271. The number of carbonyl (C=O) groups is 1. The first-order valence-electron chi connectivity index (χ1n) is 10.1. The van der Waals surface area contributed by atoms with Crippen molar-refractivity contribution in [3.63, 3.8) is 0 Å². The second-order valence-electron chi connectivity index (χ2n) is 7.17. The summed E-state index contributed by atoms with van der Waals surface area (Å²) < 4.78 is 9.22. The standard InChI is InChI=1S/C20H21N9O2/c30-18-3-1-10-31-16-6-4-15(5-7-16)29-19-17(26-27-29)12-22-20(25-19)24-14-11-23-28(13-14)9-2-8-21-18/h4-7,11-13H,1-3,8-10H2,(H,21,30)(H,22,24,25). The third kappa shape index (κ3) is 4.29. The van der Waals surface area contributed by atoms with Crippen LogP contribution in [0.5, 0.6) is 5.75 Å². The molecule has 11 nitrogen and oxygen atoms in total. The predicted octanol–water partition coefficient (Wildman–Crippen LogP) is 1.83. The van der Waals surface area contributed by atoms with Crippen molar-refractivity contribution in [3.05, 3.63) is 42.9 Å². The third-order valence-corrected chi connectivity index (χ3v) is 4.87. The monoisotopic (exact) mass is 419 g/mol. The maximum absolute atomic E-state index is 12.0. The van der Waals surface area contributed by atoms with Crippen LogP contribution >= 0.6 is 0 Å². The van der Waals surface area contributed by atoms with Gasteiger partial charge in [0.05, 0.1) is 30.4 Å². The van der Waals surface area contributed by atoms with Gasteiger partial charge in [-0.25, -0.2) is 4.98 Å². The van der Waals surface area contributed by atoms with Gasteiger partial charge in [0.1, 0.15) is 5.75 Å². The van der Waals surface area contributed by atoms with Gasteiger partial charge in [0.25, 0.3) is 0 Å². The van der Waals surface area contributed by atoms with Crippen LogP contribution in [0.4, 0.5) is 11.6 Å². The average Bonchev–Trinajstić information content (AvgIpc) is 3.41. The van der Waals surface area contributed by atoms with E-state index in [4.69, 9.17) is 4.74 Å². The molecule has 0 spiro atoms. The Labute approximate surface area is 177 Å². The fourth-order valence-corrected chi connectivity index (χ4v) is 3.31. The highest BCUT2D eigenvalue weighted by Crippen LogP contribution is 2.20. The van der Waals surface area contributed by atoms with Crippen molar-refractivity contribution in [2.45, 2.75) is 25.8 Å². The zero-order valence-corrected chi connectivity index (χ0v) is 16.7. The van der Waals surface area contributed by atoms with Crippen LogP contribution in [0.25, 0.3) is 16.9 Å². The molecule has 6 rings (SSSR count). The Hall–Kier alpha value is -4.02. The smallest absolute Gasteiger partial charge is 0.229 e. The molecule has 6 bridgehead atoms. The number of nitrogens with one attached hydrogen (secondary N) is 2. The zero-order valence-electron chi connectivity index (χ0n) is 16.7. The fraction of sp³-hybridized carbons (Fsp3) is 0.300. The average molecular weight is 419 g/mol. The van der Waals surface area contributed by atoms with Crippen LogP contribution in [0.3, 0.4) is 0 Å². The minimum Gasteiger partial charge on any atom is -0.494 e. The van der Waals surface area contributed by atoms with Crippen molar-refractivity contribution in [2.24, 2.45) is 0 Å². The van der Waals surface area contributed by atoms with E-state index in [0.29, 0.717) is 49.7 Å². The number of aromatic nitrogens is 7. The number of benzene rings is 1. The summed E-state index contributed by atoms with van der Waals surface area (Å²) in [7, 11) is 0. The van der Waals surface area contributed by atoms with Crippen LogP contribution in [0.1, 0.15) is 19.3 Å². The van der Waals surface area contributed by atoms with Gasteiger partial charge in [-0.1, -0.05) is 5.21 Å². The molecule has 0 fully saturated rings. The molecule has 3 aromatic heterocycles. The van der Waals surface area contributed by atoms with E-state index in [0.717, 1.165) is 23.5 Å². The van der Waals surface area contributed by atoms with Crippen LogP contribution < -0.4 is 15.4 Å². The van der Waals surface area contributed by atoms with Crippen molar-refractivity contribution in [3.8, 4) is 11.4 Å². The van der Waals surface area contributed by atoms with Gasteiger partial charge in [0, 0.05) is 25.7 Å². The van der Waals surface area contributed by atoms with Crippen LogP contribution in [0, 0.1) is 0 Å². The molecule has 1 amide bonds. The lowest BCUT2D eigenvalue weighted by molar-refractivity contribution is -0.121. The van der Waals surface area contributed by atoms with E-state index in [1.165, 1.54) is 0 Å². The summed E-state index contributed by atoms with van der Waals surface area (Å²) in [6.45, 7) is 1.76. The molecular formula is C20H21N9O2. The van der Waals surface area contributed by atoms with Gasteiger partial charge in [0.15, 0.2) is 11.2 Å². The molecule has 1 aromatic carbocycles. The minimum absolute atomic E-state index is 0.0271. The molecule has 2 aliphatic heterocycles. The van der Waals surface area contributed by atoms with E-state index < -0.39 is 0 Å². The number of ether oxygens (including phenoxy) is 1. The number of hydrogen-bond acceptors (Lipinski definition) is 8. The van der Waals surface area contributed by atoms with E-state index in [1.807, 2.05) is 35.1 Å².